The molecule has 0 radical (unpaired) electrons. The summed E-state index contributed by atoms with van der Waals surface area (Å²) in [5.74, 6) is -0.375. The Morgan fingerprint density at radius 2 is 2.03 bits per heavy atom. The Balaban J connectivity index is 1.78. The molecule has 0 aromatic heterocycles. The third-order valence-electron chi connectivity index (χ3n) is 5.57. The number of nitrogens with one attached hydrogen (secondary N) is 1. The molecule has 1 aliphatic carbocycles. The molecule has 1 amide bonds. The molecule has 3 N–H and O–H groups in total. The number of ketones is 1. The van der Waals surface area contributed by atoms with Gasteiger partial charge in [0.1, 0.15) is 5.78 Å². The van der Waals surface area contributed by atoms with Gasteiger partial charge in [-0.25, -0.2) is 0 Å². The molecule has 1 fully saturated rings. The standard InChI is InChI=1S/C25H35NO4/c1-2-26-25(30)13-9-4-3-8-12-21-22(24(29)18-23(21)28)17-16-20(27)15-14-19-10-6-5-7-11-19/h3,5-8,10-11,16-17,20-22,24,27,29H,2,4,9,12-15,18H2,1H3,(H,26,30)/b8-3+,17-16+/t20-,21+,22+,24+/m0/s1. The molecular weight excluding hydrogens is 378 g/mol. The van der Waals surface area contributed by atoms with Crippen LogP contribution in [-0.2, 0) is 16.0 Å². The number of unbranched alkanes of at least 4 members (excludes halogenated alkanes) is 1. The molecular formula is C25H35NO4. The molecule has 2 rings (SSSR count). The van der Waals surface area contributed by atoms with E-state index in [0.29, 0.717) is 25.8 Å². The third kappa shape index (κ3) is 8.25. The first kappa shape index (κ1) is 24.0. The molecule has 1 aromatic rings. The second-order valence-electron chi connectivity index (χ2n) is 7.95. The number of hydrogen-bond acceptors (Lipinski definition) is 4. The van der Waals surface area contributed by atoms with Crippen LogP contribution in [0.4, 0.5) is 0 Å². The first-order valence-electron chi connectivity index (χ1n) is 11.0. The van der Waals surface area contributed by atoms with Crippen molar-refractivity contribution >= 4 is 11.7 Å². The molecule has 4 atom stereocenters. The Kier molecular flexibility index (Phi) is 10.5. The number of benzene rings is 1. The Morgan fingerprint density at radius 3 is 2.77 bits per heavy atom. The molecule has 0 spiro atoms. The van der Waals surface area contributed by atoms with Gasteiger partial charge >= 0.3 is 0 Å². The molecule has 0 unspecified atom stereocenters. The van der Waals surface area contributed by atoms with Crippen LogP contribution in [-0.4, -0.2) is 40.7 Å². The quantitative estimate of drug-likeness (QED) is 0.362. The summed E-state index contributed by atoms with van der Waals surface area (Å²) in [6, 6.07) is 10.0. The molecule has 1 saturated carbocycles. The summed E-state index contributed by atoms with van der Waals surface area (Å²) in [6.45, 7) is 2.55. The molecule has 1 aromatic carbocycles. The van der Waals surface area contributed by atoms with E-state index in [1.807, 2.05) is 55.5 Å². The van der Waals surface area contributed by atoms with Crippen molar-refractivity contribution in [2.75, 3.05) is 6.54 Å². The van der Waals surface area contributed by atoms with Crippen molar-refractivity contribution in [3.05, 3.63) is 60.2 Å². The van der Waals surface area contributed by atoms with Gasteiger partial charge in [0, 0.05) is 31.2 Å². The minimum Gasteiger partial charge on any atom is -0.392 e. The van der Waals surface area contributed by atoms with E-state index >= 15 is 0 Å². The summed E-state index contributed by atoms with van der Waals surface area (Å²) in [4.78, 5) is 23.7. The van der Waals surface area contributed by atoms with Gasteiger partial charge < -0.3 is 15.5 Å². The maximum atomic E-state index is 12.3. The summed E-state index contributed by atoms with van der Waals surface area (Å²) >= 11 is 0. The van der Waals surface area contributed by atoms with Gasteiger partial charge in [-0.2, -0.15) is 0 Å². The smallest absolute Gasteiger partial charge is 0.219 e. The van der Waals surface area contributed by atoms with E-state index in [9.17, 15) is 19.8 Å². The van der Waals surface area contributed by atoms with Gasteiger partial charge in [-0.1, -0.05) is 54.6 Å². The second-order valence-corrected chi connectivity index (χ2v) is 7.95. The van der Waals surface area contributed by atoms with Crippen LogP contribution in [0, 0.1) is 11.8 Å². The minimum absolute atomic E-state index is 0.0658. The summed E-state index contributed by atoms with van der Waals surface area (Å²) in [5, 5.41) is 23.3. The van der Waals surface area contributed by atoms with Crippen LogP contribution in [0.3, 0.4) is 0 Å². The lowest BCUT2D eigenvalue weighted by Crippen LogP contribution is -2.21. The first-order chi connectivity index (χ1) is 14.5. The number of allylic oxidation sites excluding steroid dienone is 2. The molecule has 5 heteroatoms. The molecule has 0 aliphatic heterocycles. The van der Waals surface area contributed by atoms with Gasteiger partial charge in [0.05, 0.1) is 12.2 Å². The van der Waals surface area contributed by atoms with E-state index in [4.69, 9.17) is 0 Å². The zero-order chi connectivity index (χ0) is 21.8. The average Bonchev–Trinajstić information content (AvgIpc) is 3.00. The van der Waals surface area contributed by atoms with Crippen molar-refractivity contribution in [1.29, 1.82) is 0 Å². The number of aliphatic hydroxyl groups excluding tert-OH is 2. The number of Topliss-reactive ketones (excluding diaryl/α,β-unsaturated/α-hetero) is 1. The van der Waals surface area contributed by atoms with E-state index in [-0.39, 0.29) is 29.9 Å². The van der Waals surface area contributed by atoms with Gasteiger partial charge in [0.2, 0.25) is 5.91 Å². The maximum Gasteiger partial charge on any atom is 0.219 e. The van der Waals surface area contributed by atoms with Crippen molar-refractivity contribution in [2.24, 2.45) is 11.8 Å². The molecule has 0 bridgehead atoms. The Bertz CT molecular complexity index is 713. The number of amides is 1. The zero-order valence-corrected chi connectivity index (χ0v) is 17.9. The Morgan fingerprint density at radius 1 is 1.27 bits per heavy atom. The van der Waals surface area contributed by atoms with Crippen molar-refractivity contribution < 1.29 is 19.8 Å². The molecule has 5 nitrogen and oxygen atoms in total. The van der Waals surface area contributed by atoms with Crippen LogP contribution in [0.1, 0.15) is 51.0 Å². The fourth-order valence-electron chi connectivity index (χ4n) is 3.87. The monoisotopic (exact) mass is 413 g/mol. The number of aryl methyl sites for hydroxylation is 1. The fraction of sp³-hybridized carbons (Fsp3) is 0.520. The van der Waals surface area contributed by atoms with Gasteiger partial charge in [-0.05, 0) is 44.6 Å². The van der Waals surface area contributed by atoms with Gasteiger partial charge in [-0.3, -0.25) is 9.59 Å². The predicted molar refractivity (Wildman–Crippen MR) is 119 cm³/mol. The summed E-state index contributed by atoms with van der Waals surface area (Å²) in [6.07, 6.45) is 10.4. The minimum atomic E-state index is -0.689. The topological polar surface area (TPSA) is 86.6 Å². The van der Waals surface area contributed by atoms with E-state index in [1.165, 1.54) is 5.56 Å². The summed E-state index contributed by atoms with van der Waals surface area (Å²) in [7, 11) is 0. The molecule has 1 aliphatic rings. The Hall–Kier alpha value is -2.24. The lowest BCUT2D eigenvalue weighted by Gasteiger charge is -2.16. The number of aliphatic hydroxyl groups is 2. The van der Waals surface area contributed by atoms with E-state index in [0.717, 1.165) is 19.3 Å². The number of hydrogen-bond donors (Lipinski definition) is 3. The predicted octanol–water partition coefficient (Wildman–Crippen LogP) is 3.36. The highest BCUT2D eigenvalue weighted by molar-refractivity contribution is 5.84. The van der Waals surface area contributed by atoms with E-state index in [1.54, 1.807) is 6.08 Å². The second kappa shape index (κ2) is 13.1. The van der Waals surface area contributed by atoms with E-state index in [2.05, 4.69) is 5.32 Å². The maximum absolute atomic E-state index is 12.3. The average molecular weight is 414 g/mol. The highest BCUT2D eigenvalue weighted by atomic mass is 16.3. The van der Waals surface area contributed by atoms with Gasteiger partial charge in [-0.15, -0.1) is 0 Å². The highest BCUT2D eigenvalue weighted by Gasteiger charge is 2.39. The number of rotatable bonds is 12. The highest BCUT2D eigenvalue weighted by Crippen LogP contribution is 2.33. The zero-order valence-electron chi connectivity index (χ0n) is 17.9. The summed E-state index contributed by atoms with van der Waals surface area (Å²) < 4.78 is 0. The molecule has 0 saturated heterocycles. The largest absolute Gasteiger partial charge is 0.392 e. The van der Waals surface area contributed by atoms with Crippen LogP contribution in [0.2, 0.25) is 0 Å². The molecule has 164 valence electrons. The van der Waals surface area contributed by atoms with Crippen LogP contribution in [0.5, 0.6) is 0 Å². The Labute approximate surface area is 179 Å². The van der Waals surface area contributed by atoms with E-state index < -0.39 is 12.2 Å². The van der Waals surface area contributed by atoms with Crippen molar-refractivity contribution in [3.63, 3.8) is 0 Å². The van der Waals surface area contributed by atoms with Gasteiger partial charge in [0.25, 0.3) is 0 Å². The van der Waals surface area contributed by atoms with Crippen LogP contribution >= 0.6 is 0 Å². The summed E-state index contributed by atoms with van der Waals surface area (Å²) in [5.41, 5.74) is 1.18. The van der Waals surface area contributed by atoms with Gasteiger partial charge in [0.15, 0.2) is 0 Å². The first-order valence-corrected chi connectivity index (χ1v) is 11.0. The third-order valence-corrected chi connectivity index (χ3v) is 5.57. The molecule has 0 heterocycles. The van der Waals surface area contributed by atoms with Crippen molar-refractivity contribution in [1.82, 2.24) is 5.32 Å². The number of carbonyl (C=O) groups excluding carboxylic acids is 2. The van der Waals surface area contributed by atoms with Crippen LogP contribution in [0.25, 0.3) is 0 Å². The van der Waals surface area contributed by atoms with Crippen molar-refractivity contribution in [2.45, 2.75) is 64.1 Å². The lowest BCUT2D eigenvalue weighted by atomic mass is 9.90. The van der Waals surface area contributed by atoms with Crippen LogP contribution in [0.15, 0.2) is 54.6 Å². The number of carbonyl (C=O) groups is 2. The molecule has 30 heavy (non-hydrogen) atoms. The fourth-order valence-corrected chi connectivity index (χ4v) is 3.87. The lowest BCUT2D eigenvalue weighted by molar-refractivity contribution is -0.121. The SMILES string of the molecule is CCNC(=O)CCC/C=C/C[C@H]1C(=O)C[C@@H](O)[C@@H]1/C=C/[C@@H](O)CCc1ccccc1. The normalized spacial score (nSPS) is 22.8. The van der Waals surface area contributed by atoms with Crippen molar-refractivity contribution in [3.8, 4) is 0 Å². The van der Waals surface area contributed by atoms with Crippen LogP contribution < -0.4 is 5.32 Å².